The van der Waals surface area contributed by atoms with Crippen LogP contribution in [0.4, 0.5) is 0 Å². The van der Waals surface area contributed by atoms with Crippen molar-refractivity contribution in [3.8, 4) is 5.75 Å². The molecule has 0 aliphatic carbocycles. The number of nitrogens with one attached hydrogen (secondary N) is 1. The molecule has 0 spiro atoms. The van der Waals surface area contributed by atoms with Crippen molar-refractivity contribution in [3.05, 3.63) is 56.7 Å². The maximum Gasteiger partial charge on any atom is 0.347 e. The summed E-state index contributed by atoms with van der Waals surface area (Å²) in [6.07, 6.45) is 1.88. The van der Waals surface area contributed by atoms with E-state index in [2.05, 4.69) is 11.1 Å². The molecule has 1 aliphatic heterocycles. The molecule has 6 heteroatoms. The second-order valence-electron chi connectivity index (χ2n) is 5.52. The van der Waals surface area contributed by atoms with Gasteiger partial charge in [-0.05, 0) is 48.7 Å². The lowest BCUT2D eigenvalue weighted by Gasteiger charge is -1.99. The van der Waals surface area contributed by atoms with Crippen molar-refractivity contribution in [2.24, 2.45) is 0 Å². The maximum atomic E-state index is 12.1. The number of aromatic amines is 1. The third-order valence-corrected chi connectivity index (χ3v) is 5.23. The van der Waals surface area contributed by atoms with Gasteiger partial charge < -0.3 is 14.5 Å². The number of methoxy groups -OCH3 is 1. The van der Waals surface area contributed by atoms with Gasteiger partial charge >= 0.3 is 5.97 Å². The van der Waals surface area contributed by atoms with Crippen LogP contribution in [-0.2, 0) is 4.74 Å². The number of H-pyrrole nitrogens is 1. The topological polar surface area (TPSA) is 51.3 Å². The van der Waals surface area contributed by atoms with E-state index in [-0.39, 0.29) is 0 Å². The average Bonchev–Trinajstić information content (AvgIpc) is 3.07. The molecule has 0 bridgehead atoms. The van der Waals surface area contributed by atoms with E-state index in [0.29, 0.717) is 16.0 Å². The molecule has 24 heavy (non-hydrogen) atoms. The Labute approximate surface area is 147 Å². The molecule has 2 aromatic heterocycles. The number of carbonyl (C=O) groups is 1. The van der Waals surface area contributed by atoms with Crippen LogP contribution in [0.3, 0.4) is 0 Å². The zero-order valence-electron chi connectivity index (χ0n) is 13.0. The Morgan fingerprint density at radius 1 is 1.29 bits per heavy atom. The first-order chi connectivity index (χ1) is 11.5. The Balaban J connectivity index is 1.83. The van der Waals surface area contributed by atoms with Gasteiger partial charge in [-0.1, -0.05) is 12.2 Å². The standard InChI is InChI=1S/C18H13NO3S2/c1-9-5-13-14(22-18(20)16(13)17(23)19-9)8-12-7-10-6-11(21-2)3-4-15(10)24-12/h3-8H,1-2H3,(H,19,23)/b14-8-. The van der Waals surface area contributed by atoms with Gasteiger partial charge in [-0.2, -0.15) is 0 Å². The molecule has 4 rings (SSSR count). The van der Waals surface area contributed by atoms with E-state index in [1.807, 2.05) is 37.3 Å². The highest BCUT2D eigenvalue weighted by Gasteiger charge is 2.28. The third kappa shape index (κ3) is 2.44. The largest absolute Gasteiger partial charge is 0.497 e. The number of rotatable bonds is 2. The SMILES string of the molecule is COc1ccc2sc(/C=C3\OC(=O)c4c3cc(C)[nH]c4=S)cc2c1. The lowest BCUT2D eigenvalue weighted by molar-refractivity contribution is 0.0716. The van der Waals surface area contributed by atoms with Crippen LogP contribution >= 0.6 is 23.6 Å². The van der Waals surface area contributed by atoms with Crippen molar-refractivity contribution < 1.29 is 14.3 Å². The van der Waals surface area contributed by atoms with Crippen LogP contribution in [0.1, 0.15) is 26.5 Å². The minimum atomic E-state index is -0.403. The summed E-state index contributed by atoms with van der Waals surface area (Å²) in [5.41, 5.74) is 2.07. The summed E-state index contributed by atoms with van der Waals surface area (Å²) >= 11 is 6.88. The average molecular weight is 355 g/mol. The highest BCUT2D eigenvalue weighted by Crippen LogP contribution is 2.35. The van der Waals surface area contributed by atoms with Crippen LogP contribution < -0.4 is 4.74 Å². The highest BCUT2D eigenvalue weighted by molar-refractivity contribution is 7.71. The van der Waals surface area contributed by atoms with Crippen molar-refractivity contribution >= 4 is 51.4 Å². The fourth-order valence-electron chi connectivity index (χ4n) is 2.77. The molecule has 0 radical (unpaired) electrons. The van der Waals surface area contributed by atoms with Gasteiger partial charge in [-0.3, -0.25) is 0 Å². The zero-order chi connectivity index (χ0) is 16.8. The van der Waals surface area contributed by atoms with Gasteiger partial charge in [0.2, 0.25) is 0 Å². The van der Waals surface area contributed by atoms with Crippen LogP contribution in [0.5, 0.6) is 5.75 Å². The molecule has 4 nitrogen and oxygen atoms in total. The summed E-state index contributed by atoms with van der Waals surface area (Å²) in [7, 11) is 1.65. The van der Waals surface area contributed by atoms with Gasteiger partial charge in [0.1, 0.15) is 21.7 Å². The molecular weight excluding hydrogens is 342 g/mol. The number of ether oxygens (including phenoxy) is 2. The number of hydrogen-bond acceptors (Lipinski definition) is 5. The molecule has 1 N–H and O–H groups in total. The number of hydrogen-bond donors (Lipinski definition) is 1. The fraction of sp³-hybridized carbons (Fsp3) is 0.111. The number of cyclic esters (lactones) is 1. The van der Waals surface area contributed by atoms with E-state index < -0.39 is 5.97 Å². The highest BCUT2D eigenvalue weighted by atomic mass is 32.1. The smallest absolute Gasteiger partial charge is 0.347 e. The molecule has 0 amide bonds. The first kappa shape index (κ1) is 15.1. The normalized spacial score (nSPS) is 14.9. The van der Waals surface area contributed by atoms with Crippen molar-refractivity contribution in [2.75, 3.05) is 7.11 Å². The molecule has 0 atom stereocenters. The Morgan fingerprint density at radius 3 is 2.92 bits per heavy atom. The summed E-state index contributed by atoms with van der Waals surface area (Å²) in [5, 5.41) is 1.09. The number of carbonyl (C=O) groups excluding carboxylic acids is 1. The van der Waals surface area contributed by atoms with E-state index >= 15 is 0 Å². The minimum absolute atomic E-state index is 0.403. The Hall–Kier alpha value is -2.44. The van der Waals surface area contributed by atoms with E-state index in [0.717, 1.165) is 32.0 Å². The number of aryl methyl sites for hydroxylation is 1. The number of fused-ring (bicyclic) bond motifs is 2. The quantitative estimate of drug-likeness (QED) is 0.522. The minimum Gasteiger partial charge on any atom is -0.497 e. The van der Waals surface area contributed by atoms with Crippen LogP contribution in [-0.4, -0.2) is 18.1 Å². The molecule has 0 saturated carbocycles. The first-order valence-electron chi connectivity index (χ1n) is 7.31. The monoisotopic (exact) mass is 355 g/mol. The molecule has 3 aromatic rings. The molecule has 0 unspecified atom stereocenters. The lowest BCUT2D eigenvalue weighted by atomic mass is 10.1. The summed E-state index contributed by atoms with van der Waals surface area (Å²) in [6.45, 7) is 1.90. The van der Waals surface area contributed by atoms with Gasteiger partial charge in [0.15, 0.2) is 0 Å². The summed E-state index contributed by atoms with van der Waals surface area (Å²) < 4.78 is 12.2. The van der Waals surface area contributed by atoms with Crippen LogP contribution in [0.2, 0.25) is 0 Å². The second kappa shape index (κ2) is 5.58. The number of benzene rings is 1. The molecule has 1 aromatic carbocycles. The maximum absolute atomic E-state index is 12.1. The number of aromatic nitrogens is 1. The van der Waals surface area contributed by atoms with Crippen molar-refractivity contribution in [1.29, 1.82) is 0 Å². The van der Waals surface area contributed by atoms with Crippen molar-refractivity contribution in [2.45, 2.75) is 6.92 Å². The van der Waals surface area contributed by atoms with E-state index in [9.17, 15) is 4.79 Å². The molecular formula is C18H13NO3S2. The Morgan fingerprint density at radius 2 is 2.12 bits per heavy atom. The lowest BCUT2D eigenvalue weighted by Crippen LogP contribution is -1.97. The Bertz CT molecular complexity index is 1080. The molecule has 3 heterocycles. The summed E-state index contributed by atoms with van der Waals surface area (Å²) in [5.74, 6) is 0.955. The summed E-state index contributed by atoms with van der Waals surface area (Å²) in [4.78, 5) is 16.1. The summed E-state index contributed by atoms with van der Waals surface area (Å²) in [6, 6.07) is 9.89. The third-order valence-electron chi connectivity index (χ3n) is 3.86. The van der Waals surface area contributed by atoms with Crippen molar-refractivity contribution in [3.63, 3.8) is 0 Å². The number of pyridine rings is 1. The molecule has 1 aliphatic rings. The van der Waals surface area contributed by atoms with E-state index in [4.69, 9.17) is 21.7 Å². The predicted molar refractivity (Wildman–Crippen MR) is 98.0 cm³/mol. The fourth-order valence-corrected chi connectivity index (χ4v) is 4.10. The van der Waals surface area contributed by atoms with E-state index in [1.54, 1.807) is 18.4 Å². The van der Waals surface area contributed by atoms with Crippen molar-refractivity contribution in [1.82, 2.24) is 4.98 Å². The van der Waals surface area contributed by atoms with Gasteiger partial charge in [0.05, 0.1) is 7.11 Å². The van der Waals surface area contributed by atoms with Gasteiger partial charge in [0, 0.05) is 20.8 Å². The van der Waals surface area contributed by atoms with E-state index in [1.165, 1.54) is 0 Å². The molecule has 0 fully saturated rings. The van der Waals surface area contributed by atoms with Crippen LogP contribution in [0.15, 0.2) is 30.3 Å². The number of esters is 1. The van der Waals surface area contributed by atoms with Crippen LogP contribution in [0, 0.1) is 11.6 Å². The first-order valence-corrected chi connectivity index (χ1v) is 8.53. The van der Waals surface area contributed by atoms with Gasteiger partial charge in [-0.25, -0.2) is 4.79 Å². The molecule has 120 valence electrons. The second-order valence-corrected chi connectivity index (χ2v) is 7.04. The molecule has 0 saturated heterocycles. The zero-order valence-corrected chi connectivity index (χ0v) is 14.6. The van der Waals surface area contributed by atoms with Crippen LogP contribution in [0.25, 0.3) is 21.9 Å². The Kier molecular flexibility index (Phi) is 3.51. The van der Waals surface area contributed by atoms with Gasteiger partial charge in [0.25, 0.3) is 0 Å². The number of thiophene rings is 1. The van der Waals surface area contributed by atoms with Gasteiger partial charge in [-0.15, -0.1) is 11.3 Å². The predicted octanol–water partition coefficient (Wildman–Crippen LogP) is 4.94.